The normalized spacial score (nSPS) is 14.6. The van der Waals surface area contributed by atoms with Crippen LogP contribution in [0.5, 0.6) is 0 Å². The number of nitrogens with two attached hydrogens (primary N) is 1. The first kappa shape index (κ1) is 18.2. The quantitative estimate of drug-likeness (QED) is 0.421. The van der Waals surface area contributed by atoms with Gasteiger partial charge in [-0.05, 0) is 18.9 Å². The highest BCUT2D eigenvalue weighted by Gasteiger charge is 2.04. The summed E-state index contributed by atoms with van der Waals surface area (Å²) in [5, 5.41) is 7.24. The summed E-state index contributed by atoms with van der Waals surface area (Å²) in [5.74, 6) is 0.856. The lowest BCUT2D eigenvalue weighted by Gasteiger charge is -2.14. The van der Waals surface area contributed by atoms with E-state index in [4.69, 9.17) is 10.5 Å². The first-order valence-electron chi connectivity index (χ1n) is 6.14. The molecule has 2 atom stereocenters. The first-order chi connectivity index (χ1) is 8.61. The van der Waals surface area contributed by atoms with Crippen molar-refractivity contribution in [3.8, 4) is 0 Å². The largest absolute Gasteiger partial charge is 0.383 e. The third-order valence-electron chi connectivity index (χ3n) is 2.44. The summed E-state index contributed by atoms with van der Waals surface area (Å²) >= 11 is 0. The van der Waals surface area contributed by atoms with Gasteiger partial charge in [-0.15, -0.1) is 24.0 Å². The molecular weight excluding hydrogens is 357 g/mol. The summed E-state index contributed by atoms with van der Waals surface area (Å²) in [4.78, 5) is 4.31. The fraction of sp³-hybridized carbons (Fsp3) is 0.667. The number of methoxy groups -OCH3 is 1. The molecule has 0 saturated carbocycles. The van der Waals surface area contributed by atoms with Gasteiger partial charge in [0.15, 0.2) is 5.96 Å². The maximum absolute atomic E-state index is 5.79. The Hall–Kier alpha value is -0.830. The van der Waals surface area contributed by atoms with Crippen LogP contribution in [0.2, 0.25) is 0 Å². The highest BCUT2D eigenvalue weighted by Crippen LogP contribution is 1.99. The molecule has 3 N–H and O–H groups in total. The second kappa shape index (κ2) is 10.0. The van der Waals surface area contributed by atoms with Crippen LogP contribution in [0.15, 0.2) is 23.5 Å². The van der Waals surface area contributed by atoms with E-state index < -0.39 is 0 Å². The minimum Gasteiger partial charge on any atom is -0.383 e. The molecule has 1 aromatic heterocycles. The van der Waals surface area contributed by atoms with Gasteiger partial charge in [-0.2, -0.15) is 5.10 Å². The molecule has 0 amide bonds. The average molecular weight is 381 g/mol. The van der Waals surface area contributed by atoms with Crippen molar-refractivity contribution in [1.29, 1.82) is 0 Å². The number of ether oxygens (including phenoxy) is 1. The van der Waals surface area contributed by atoms with Gasteiger partial charge in [-0.3, -0.25) is 9.67 Å². The van der Waals surface area contributed by atoms with Crippen molar-refractivity contribution in [2.24, 2.45) is 16.6 Å². The third kappa shape index (κ3) is 8.04. The molecule has 0 aromatic carbocycles. The summed E-state index contributed by atoms with van der Waals surface area (Å²) in [6, 6.07) is 2.08. The van der Waals surface area contributed by atoms with E-state index in [2.05, 4.69) is 22.3 Å². The van der Waals surface area contributed by atoms with E-state index in [0.717, 1.165) is 6.54 Å². The Kier molecular flexibility index (Phi) is 9.58. The summed E-state index contributed by atoms with van der Waals surface area (Å²) < 4.78 is 6.92. The average Bonchev–Trinajstić information content (AvgIpc) is 2.79. The van der Waals surface area contributed by atoms with Crippen molar-refractivity contribution in [3.63, 3.8) is 0 Å². The van der Waals surface area contributed by atoms with Crippen LogP contribution in [0.25, 0.3) is 0 Å². The van der Waals surface area contributed by atoms with Crippen molar-refractivity contribution < 1.29 is 4.74 Å². The molecule has 1 aromatic rings. The molecule has 1 heterocycles. The first-order valence-corrected chi connectivity index (χ1v) is 6.14. The third-order valence-corrected chi connectivity index (χ3v) is 2.44. The van der Waals surface area contributed by atoms with Crippen molar-refractivity contribution in [3.05, 3.63) is 18.5 Å². The molecule has 7 heteroatoms. The highest BCUT2D eigenvalue weighted by atomic mass is 127. The van der Waals surface area contributed by atoms with Gasteiger partial charge >= 0.3 is 0 Å². The van der Waals surface area contributed by atoms with E-state index >= 15 is 0 Å². The summed E-state index contributed by atoms with van der Waals surface area (Å²) in [7, 11) is 1.66. The Morgan fingerprint density at radius 2 is 2.26 bits per heavy atom. The summed E-state index contributed by atoms with van der Waals surface area (Å²) in [6.45, 7) is 6.25. The second-order valence-corrected chi connectivity index (χ2v) is 4.56. The van der Waals surface area contributed by atoms with Crippen LogP contribution in [0.1, 0.15) is 13.8 Å². The lowest BCUT2D eigenvalue weighted by molar-refractivity contribution is 0.179. The van der Waals surface area contributed by atoms with Crippen molar-refractivity contribution in [2.75, 3.05) is 20.3 Å². The number of aliphatic imine (C=N–C) groups is 1. The van der Waals surface area contributed by atoms with Gasteiger partial charge in [0.2, 0.25) is 0 Å². The van der Waals surface area contributed by atoms with Crippen molar-refractivity contribution in [1.82, 2.24) is 15.1 Å². The Labute approximate surface area is 131 Å². The molecule has 0 aliphatic carbocycles. The lowest BCUT2D eigenvalue weighted by atomic mass is 10.2. The predicted molar refractivity (Wildman–Crippen MR) is 87.8 cm³/mol. The van der Waals surface area contributed by atoms with Crippen LogP contribution in [-0.2, 0) is 11.3 Å². The van der Waals surface area contributed by atoms with Crippen LogP contribution >= 0.6 is 24.0 Å². The molecule has 0 aliphatic heterocycles. The molecule has 6 nitrogen and oxygen atoms in total. The van der Waals surface area contributed by atoms with Gasteiger partial charge < -0.3 is 15.8 Å². The summed E-state index contributed by atoms with van der Waals surface area (Å²) in [6.07, 6.45) is 3.72. The molecule has 0 fully saturated rings. The predicted octanol–water partition coefficient (Wildman–Crippen LogP) is 1.08. The molecule has 1 rings (SSSR count). The second-order valence-electron chi connectivity index (χ2n) is 4.56. The number of hydrogen-bond acceptors (Lipinski definition) is 3. The molecule has 0 saturated heterocycles. The van der Waals surface area contributed by atoms with E-state index in [1.807, 2.05) is 23.9 Å². The van der Waals surface area contributed by atoms with Gasteiger partial charge in [-0.25, -0.2) is 0 Å². The van der Waals surface area contributed by atoms with Crippen LogP contribution in [0.4, 0.5) is 0 Å². The zero-order valence-electron chi connectivity index (χ0n) is 11.7. The number of hydrogen-bond donors (Lipinski definition) is 2. The number of nitrogens with zero attached hydrogens (tertiary/aromatic N) is 3. The Bertz CT molecular complexity index is 355. The zero-order chi connectivity index (χ0) is 13.4. The number of aromatic nitrogens is 2. The van der Waals surface area contributed by atoms with Crippen LogP contribution in [0.3, 0.4) is 0 Å². The van der Waals surface area contributed by atoms with E-state index in [-0.39, 0.29) is 30.0 Å². The zero-order valence-corrected chi connectivity index (χ0v) is 14.1. The molecule has 2 unspecified atom stereocenters. The molecule has 0 radical (unpaired) electrons. The van der Waals surface area contributed by atoms with Crippen molar-refractivity contribution in [2.45, 2.75) is 26.4 Å². The topological polar surface area (TPSA) is 77.5 Å². The standard InChI is InChI=1S/C12H23N5O.HI/c1-10(8-17-6-4-5-15-17)7-14-12(13)16-11(2)9-18-3;/h4-6,10-11H,7-9H2,1-3H3,(H3,13,14,16);1H. The monoisotopic (exact) mass is 381 g/mol. The molecule has 0 aliphatic rings. The van der Waals surface area contributed by atoms with E-state index in [9.17, 15) is 0 Å². The van der Waals surface area contributed by atoms with Crippen LogP contribution in [-0.4, -0.2) is 42.0 Å². The fourth-order valence-electron chi connectivity index (χ4n) is 1.63. The van der Waals surface area contributed by atoms with Gasteiger partial charge in [-0.1, -0.05) is 6.92 Å². The molecule has 110 valence electrons. The Morgan fingerprint density at radius 3 is 2.84 bits per heavy atom. The van der Waals surface area contributed by atoms with E-state index in [0.29, 0.717) is 25.0 Å². The Balaban J connectivity index is 0.00000324. The molecule has 0 bridgehead atoms. The maximum atomic E-state index is 5.79. The molecule has 19 heavy (non-hydrogen) atoms. The highest BCUT2D eigenvalue weighted by molar-refractivity contribution is 14.0. The number of halogens is 1. The number of rotatable bonds is 7. The minimum absolute atomic E-state index is 0. The smallest absolute Gasteiger partial charge is 0.188 e. The van der Waals surface area contributed by atoms with Crippen LogP contribution < -0.4 is 11.1 Å². The van der Waals surface area contributed by atoms with Crippen molar-refractivity contribution >= 4 is 29.9 Å². The summed E-state index contributed by atoms with van der Waals surface area (Å²) in [5.41, 5.74) is 5.79. The fourth-order valence-corrected chi connectivity index (χ4v) is 1.63. The Morgan fingerprint density at radius 1 is 1.53 bits per heavy atom. The molecule has 0 spiro atoms. The van der Waals surface area contributed by atoms with E-state index in [1.54, 1.807) is 13.3 Å². The minimum atomic E-state index is 0. The SMILES string of the molecule is COCC(C)NC(N)=NCC(C)Cn1cccn1.I. The number of guanidine groups is 1. The van der Waals surface area contributed by atoms with Gasteiger partial charge in [0.1, 0.15) is 0 Å². The van der Waals surface area contributed by atoms with Crippen LogP contribution in [0, 0.1) is 5.92 Å². The molecular formula is C12H24IN5O. The van der Waals surface area contributed by atoms with Gasteiger partial charge in [0.05, 0.1) is 6.61 Å². The van der Waals surface area contributed by atoms with E-state index in [1.165, 1.54) is 0 Å². The maximum Gasteiger partial charge on any atom is 0.188 e. The van der Waals surface area contributed by atoms with Gasteiger partial charge in [0.25, 0.3) is 0 Å². The lowest BCUT2D eigenvalue weighted by Crippen LogP contribution is -2.41. The number of nitrogens with one attached hydrogen (secondary N) is 1. The van der Waals surface area contributed by atoms with Gasteiger partial charge in [0, 0.05) is 38.6 Å².